The molecule has 0 saturated heterocycles. The fourth-order valence-electron chi connectivity index (χ4n) is 4.18. The molecule has 7 nitrogen and oxygen atoms in total. The summed E-state index contributed by atoms with van der Waals surface area (Å²) in [7, 11) is 4.66. The van der Waals surface area contributed by atoms with Crippen LogP contribution in [0.2, 0.25) is 0 Å². The lowest BCUT2D eigenvalue weighted by molar-refractivity contribution is -0.133. The van der Waals surface area contributed by atoms with Gasteiger partial charge in [0.1, 0.15) is 23.9 Å². The molecular weight excluding hydrogens is 461 g/mol. The van der Waals surface area contributed by atoms with Crippen LogP contribution in [0.1, 0.15) is 39.5 Å². The van der Waals surface area contributed by atoms with Crippen molar-refractivity contribution in [2.24, 2.45) is 5.10 Å². The second kappa shape index (κ2) is 10.6. The van der Waals surface area contributed by atoms with Crippen LogP contribution in [-0.2, 0) is 4.79 Å². The number of aryl methyl sites for hydroxylation is 1. The van der Waals surface area contributed by atoms with Crippen LogP contribution in [0.3, 0.4) is 0 Å². The summed E-state index contributed by atoms with van der Waals surface area (Å²) >= 11 is 0. The maximum atomic E-state index is 13.6. The third-order valence-electron chi connectivity index (χ3n) is 6.14. The molecule has 0 N–H and O–H groups in total. The molecule has 0 spiro atoms. The quantitative estimate of drug-likeness (QED) is 0.486. The number of likely N-dealkylation sites (N-methyl/N-ethyl adjacent to an activating group) is 1. The number of hydrazone groups is 1. The van der Waals surface area contributed by atoms with Gasteiger partial charge in [-0.1, -0.05) is 35.9 Å². The first kappa shape index (κ1) is 24.9. The van der Waals surface area contributed by atoms with Gasteiger partial charge in [0.25, 0.3) is 11.8 Å². The van der Waals surface area contributed by atoms with Crippen molar-refractivity contribution in [1.82, 2.24) is 9.91 Å². The lowest BCUT2D eigenvalue weighted by atomic mass is 9.97. The number of ether oxygens (including phenoxy) is 2. The second-order valence-electron chi connectivity index (χ2n) is 8.65. The molecule has 8 heteroatoms. The molecule has 0 radical (unpaired) electrons. The molecule has 0 aliphatic carbocycles. The first-order valence-corrected chi connectivity index (χ1v) is 11.5. The fourth-order valence-corrected chi connectivity index (χ4v) is 4.18. The molecule has 1 aliphatic heterocycles. The van der Waals surface area contributed by atoms with Crippen molar-refractivity contribution in [3.05, 3.63) is 94.8 Å². The fraction of sp³-hybridized carbons (Fsp3) is 0.250. The standard InChI is InChI=1S/C28H28FN3O4/c1-18-8-10-19(11-9-18)25-16-24(23-13-12-22(35-3)15-26(23)36-4)30-32(25)27(33)17-31(2)28(34)20-6-5-7-21(29)14-20/h5-15,25H,16-17H2,1-4H3/t25-/m1/s1. The summed E-state index contributed by atoms with van der Waals surface area (Å²) in [5.41, 5.74) is 3.66. The van der Waals surface area contributed by atoms with E-state index in [0.29, 0.717) is 23.6 Å². The molecule has 0 bridgehead atoms. The van der Waals surface area contributed by atoms with Gasteiger partial charge in [-0.05, 0) is 42.8 Å². The van der Waals surface area contributed by atoms with E-state index in [2.05, 4.69) is 5.10 Å². The van der Waals surface area contributed by atoms with Crippen LogP contribution in [-0.4, -0.2) is 55.2 Å². The van der Waals surface area contributed by atoms with E-state index >= 15 is 0 Å². The first-order chi connectivity index (χ1) is 17.3. The van der Waals surface area contributed by atoms with Crippen LogP contribution in [0, 0.1) is 12.7 Å². The molecule has 1 atom stereocenters. The summed E-state index contributed by atoms with van der Waals surface area (Å²) in [5, 5.41) is 6.11. The summed E-state index contributed by atoms with van der Waals surface area (Å²) in [5.74, 6) is -0.0781. The number of nitrogens with zero attached hydrogens (tertiary/aromatic N) is 3. The van der Waals surface area contributed by atoms with Gasteiger partial charge in [-0.3, -0.25) is 9.59 Å². The van der Waals surface area contributed by atoms with Crippen molar-refractivity contribution >= 4 is 17.5 Å². The van der Waals surface area contributed by atoms with Gasteiger partial charge in [0, 0.05) is 30.7 Å². The average molecular weight is 490 g/mol. The third-order valence-corrected chi connectivity index (χ3v) is 6.14. The molecule has 0 aromatic heterocycles. The Kier molecular flexibility index (Phi) is 7.33. The van der Waals surface area contributed by atoms with Crippen LogP contribution in [0.4, 0.5) is 4.39 Å². The van der Waals surface area contributed by atoms with Gasteiger partial charge >= 0.3 is 0 Å². The van der Waals surface area contributed by atoms with Gasteiger partial charge in [0.05, 0.1) is 26.0 Å². The van der Waals surface area contributed by atoms with Crippen LogP contribution >= 0.6 is 0 Å². The lowest BCUT2D eigenvalue weighted by Gasteiger charge is -2.25. The molecule has 4 rings (SSSR count). The minimum Gasteiger partial charge on any atom is -0.497 e. The Hall–Kier alpha value is -4.20. The number of rotatable bonds is 7. The minimum atomic E-state index is -0.512. The zero-order valence-electron chi connectivity index (χ0n) is 20.7. The normalized spacial score (nSPS) is 14.9. The molecule has 1 aliphatic rings. The molecule has 3 aromatic carbocycles. The zero-order valence-corrected chi connectivity index (χ0v) is 20.7. The smallest absolute Gasteiger partial charge is 0.262 e. The molecule has 1 heterocycles. The maximum absolute atomic E-state index is 13.6. The third kappa shape index (κ3) is 5.22. The molecule has 36 heavy (non-hydrogen) atoms. The van der Waals surface area contributed by atoms with E-state index < -0.39 is 11.7 Å². The number of carbonyl (C=O) groups excluding carboxylic acids is 2. The summed E-state index contributed by atoms with van der Waals surface area (Å²) in [6.07, 6.45) is 0.471. The van der Waals surface area contributed by atoms with Crippen molar-refractivity contribution in [3.63, 3.8) is 0 Å². The minimum absolute atomic E-state index is 0.175. The van der Waals surface area contributed by atoms with Crippen LogP contribution < -0.4 is 9.47 Å². The topological polar surface area (TPSA) is 71.4 Å². The highest BCUT2D eigenvalue weighted by Gasteiger charge is 2.35. The highest BCUT2D eigenvalue weighted by molar-refractivity contribution is 6.05. The Balaban J connectivity index is 1.63. The number of hydrogen-bond acceptors (Lipinski definition) is 5. The van der Waals surface area contributed by atoms with Crippen LogP contribution in [0.5, 0.6) is 11.5 Å². The van der Waals surface area contributed by atoms with Crippen molar-refractivity contribution < 1.29 is 23.5 Å². The van der Waals surface area contributed by atoms with E-state index in [-0.39, 0.29) is 24.1 Å². The molecule has 0 unspecified atom stereocenters. The first-order valence-electron chi connectivity index (χ1n) is 11.5. The highest BCUT2D eigenvalue weighted by Crippen LogP contribution is 2.36. The van der Waals surface area contributed by atoms with Gasteiger partial charge < -0.3 is 14.4 Å². The Morgan fingerprint density at radius 3 is 2.47 bits per heavy atom. The van der Waals surface area contributed by atoms with Gasteiger partial charge in [0.2, 0.25) is 0 Å². The number of amides is 2. The average Bonchev–Trinajstić information content (AvgIpc) is 3.33. The number of benzene rings is 3. The van der Waals surface area contributed by atoms with Gasteiger partial charge in [-0.25, -0.2) is 9.40 Å². The predicted molar refractivity (Wildman–Crippen MR) is 135 cm³/mol. The highest BCUT2D eigenvalue weighted by atomic mass is 19.1. The van der Waals surface area contributed by atoms with E-state index in [9.17, 15) is 14.0 Å². The van der Waals surface area contributed by atoms with E-state index in [1.54, 1.807) is 20.3 Å². The second-order valence-corrected chi connectivity index (χ2v) is 8.65. The van der Waals surface area contributed by atoms with E-state index in [0.717, 1.165) is 22.8 Å². The molecular formula is C28H28FN3O4. The number of methoxy groups -OCH3 is 2. The van der Waals surface area contributed by atoms with Gasteiger partial charge in [-0.15, -0.1) is 0 Å². The lowest BCUT2D eigenvalue weighted by Crippen LogP contribution is -2.39. The maximum Gasteiger partial charge on any atom is 0.262 e. The van der Waals surface area contributed by atoms with E-state index in [1.807, 2.05) is 43.3 Å². The van der Waals surface area contributed by atoms with Crippen molar-refractivity contribution in [3.8, 4) is 11.5 Å². The summed E-state index contributed by atoms with van der Waals surface area (Å²) in [4.78, 5) is 27.5. The molecule has 0 fully saturated rings. The largest absolute Gasteiger partial charge is 0.497 e. The Labute approximate surface area is 209 Å². The Bertz CT molecular complexity index is 1310. The molecule has 0 saturated carbocycles. The Morgan fingerprint density at radius 2 is 1.81 bits per heavy atom. The monoisotopic (exact) mass is 489 g/mol. The van der Waals surface area contributed by atoms with Crippen molar-refractivity contribution in [1.29, 1.82) is 0 Å². The summed E-state index contributed by atoms with van der Waals surface area (Å²) < 4.78 is 24.5. The van der Waals surface area contributed by atoms with Gasteiger partial charge in [-0.2, -0.15) is 5.10 Å². The summed E-state index contributed by atoms with van der Waals surface area (Å²) in [6, 6.07) is 18.4. The molecule has 3 aromatic rings. The van der Waals surface area contributed by atoms with E-state index in [4.69, 9.17) is 9.47 Å². The Morgan fingerprint density at radius 1 is 1.06 bits per heavy atom. The van der Waals surface area contributed by atoms with Crippen LogP contribution in [0.15, 0.2) is 71.8 Å². The van der Waals surface area contributed by atoms with E-state index in [1.165, 1.54) is 35.2 Å². The van der Waals surface area contributed by atoms with Gasteiger partial charge in [0.15, 0.2) is 0 Å². The predicted octanol–water partition coefficient (Wildman–Crippen LogP) is 4.60. The summed E-state index contributed by atoms with van der Waals surface area (Å²) in [6.45, 7) is 1.78. The van der Waals surface area contributed by atoms with Crippen molar-refractivity contribution in [2.75, 3.05) is 27.8 Å². The van der Waals surface area contributed by atoms with Crippen molar-refractivity contribution in [2.45, 2.75) is 19.4 Å². The number of halogens is 1. The zero-order chi connectivity index (χ0) is 25.8. The number of hydrogen-bond donors (Lipinski definition) is 0. The molecule has 186 valence electrons. The SMILES string of the molecule is COc1ccc(C2=NN(C(=O)CN(C)C(=O)c3cccc(F)c3)[C@@H](c3ccc(C)cc3)C2)c(OC)c1. The number of carbonyl (C=O) groups is 2. The molecule has 2 amide bonds. The van der Waals surface area contributed by atoms with Crippen LogP contribution in [0.25, 0.3) is 0 Å².